The first kappa shape index (κ1) is 25.5. The number of thioether (sulfide) groups is 1. The normalized spacial score (nSPS) is 15.6. The molecule has 0 aliphatic carbocycles. The van der Waals surface area contributed by atoms with Gasteiger partial charge >= 0.3 is 5.97 Å². The molecular formula is C26H20BrFN2O5S. The highest BCUT2D eigenvalue weighted by Crippen LogP contribution is 2.38. The highest BCUT2D eigenvalue weighted by molar-refractivity contribution is 9.10. The van der Waals surface area contributed by atoms with Gasteiger partial charge < -0.3 is 14.6 Å². The standard InChI is InChI=1S/C26H20BrFN2O5S/c1-30-24(31)23(36-26(30)29-19-9-5-16(6-10-19)25(32)33)12-17-11-21(34-2)22(13-20(17)27)35-14-15-3-7-18(28)8-4-15/h3-13H,14H2,1-2H3,(H,32,33). The number of ether oxygens (including phenoxy) is 2. The van der Waals surface area contributed by atoms with E-state index in [1.165, 1.54) is 48.0 Å². The quantitative estimate of drug-likeness (QED) is 0.345. The lowest BCUT2D eigenvalue weighted by Crippen LogP contribution is -2.23. The first-order valence-corrected chi connectivity index (χ1v) is 12.2. The summed E-state index contributed by atoms with van der Waals surface area (Å²) in [6.07, 6.45) is 1.73. The zero-order valence-corrected chi connectivity index (χ0v) is 21.6. The van der Waals surface area contributed by atoms with Gasteiger partial charge in [0.25, 0.3) is 5.91 Å². The molecule has 1 aliphatic rings. The predicted molar refractivity (Wildman–Crippen MR) is 140 cm³/mol. The molecule has 0 atom stereocenters. The van der Waals surface area contributed by atoms with Crippen LogP contribution in [-0.2, 0) is 11.4 Å². The number of nitrogens with zero attached hydrogens (tertiary/aromatic N) is 2. The molecule has 184 valence electrons. The van der Waals surface area contributed by atoms with Crippen LogP contribution in [0.5, 0.6) is 11.5 Å². The number of carboxylic acids is 1. The van der Waals surface area contributed by atoms with Crippen LogP contribution in [0.1, 0.15) is 21.5 Å². The van der Waals surface area contributed by atoms with E-state index in [2.05, 4.69) is 20.9 Å². The number of methoxy groups -OCH3 is 1. The lowest BCUT2D eigenvalue weighted by molar-refractivity contribution is -0.121. The van der Waals surface area contributed by atoms with Gasteiger partial charge in [0.1, 0.15) is 12.4 Å². The van der Waals surface area contributed by atoms with Gasteiger partial charge in [-0.2, -0.15) is 0 Å². The number of carbonyl (C=O) groups is 2. The molecule has 0 saturated carbocycles. The lowest BCUT2D eigenvalue weighted by Gasteiger charge is -2.13. The Bertz CT molecular complexity index is 1370. The zero-order valence-electron chi connectivity index (χ0n) is 19.2. The monoisotopic (exact) mass is 570 g/mol. The highest BCUT2D eigenvalue weighted by atomic mass is 79.9. The molecule has 10 heteroatoms. The smallest absolute Gasteiger partial charge is 0.335 e. The third-order valence-corrected chi connectivity index (χ3v) is 6.97. The van der Waals surface area contributed by atoms with Gasteiger partial charge in [0.05, 0.1) is 23.3 Å². The fraction of sp³-hybridized carbons (Fsp3) is 0.115. The molecule has 36 heavy (non-hydrogen) atoms. The van der Waals surface area contributed by atoms with Gasteiger partial charge in [-0.15, -0.1) is 0 Å². The van der Waals surface area contributed by atoms with Gasteiger partial charge in [-0.25, -0.2) is 14.2 Å². The number of halogens is 2. The highest BCUT2D eigenvalue weighted by Gasteiger charge is 2.30. The maximum Gasteiger partial charge on any atom is 0.335 e. The van der Waals surface area contributed by atoms with Crippen LogP contribution in [-0.4, -0.2) is 41.2 Å². The lowest BCUT2D eigenvalue weighted by atomic mass is 10.1. The number of likely N-dealkylation sites (N-methyl/N-ethyl adjacent to an activating group) is 1. The molecule has 1 saturated heterocycles. The summed E-state index contributed by atoms with van der Waals surface area (Å²) in [5, 5.41) is 9.52. The summed E-state index contributed by atoms with van der Waals surface area (Å²) < 4.78 is 25.2. The minimum atomic E-state index is -1.02. The number of carboxylic acid groups (broad SMARTS) is 1. The number of amides is 1. The molecule has 1 amide bonds. The first-order chi connectivity index (χ1) is 17.2. The molecule has 3 aromatic carbocycles. The molecule has 1 N–H and O–H groups in total. The van der Waals surface area contributed by atoms with Crippen molar-refractivity contribution >= 4 is 56.5 Å². The maximum atomic E-state index is 13.1. The van der Waals surface area contributed by atoms with Crippen molar-refractivity contribution in [2.75, 3.05) is 14.2 Å². The third-order valence-electron chi connectivity index (χ3n) is 5.22. The number of benzene rings is 3. The number of rotatable bonds is 7. The summed E-state index contributed by atoms with van der Waals surface area (Å²) in [6, 6.07) is 15.6. The maximum absolute atomic E-state index is 13.1. The molecule has 1 heterocycles. The van der Waals surface area contributed by atoms with Crippen molar-refractivity contribution in [3.05, 3.63) is 92.5 Å². The molecule has 0 radical (unpaired) electrons. The molecule has 0 unspecified atom stereocenters. The zero-order chi connectivity index (χ0) is 25.8. The Morgan fingerprint density at radius 3 is 2.47 bits per heavy atom. The van der Waals surface area contributed by atoms with Crippen molar-refractivity contribution in [3.63, 3.8) is 0 Å². The van der Waals surface area contributed by atoms with Crippen LogP contribution >= 0.6 is 27.7 Å². The fourth-order valence-corrected chi connectivity index (χ4v) is 4.67. The van der Waals surface area contributed by atoms with E-state index in [-0.39, 0.29) is 23.9 Å². The summed E-state index contributed by atoms with van der Waals surface area (Å²) in [6.45, 7) is 0.232. The van der Waals surface area contributed by atoms with Crippen molar-refractivity contribution in [3.8, 4) is 11.5 Å². The van der Waals surface area contributed by atoms with E-state index < -0.39 is 5.97 Å². The third kappa shape index (κ3) is 5.77. The van der Waals surface area contributed by atoms with Gasteiger partial charge in [0.2, 0.25) is 0 Å². The fourth-order valence-electron chi connectivity index (χ4n) is 3.26. The Hall–Kier alpha value is -3.63. The van der Waals surface area contributed by atoms with E-state index in [9.17, 15) is 14.0 Å². The second-order valence-corrected chi connectivity index (χ2v) is 9.52. The number of hydrogen-bond donors (Lipinski definition) is 1. The van der Waals surface area contributed by atoms with E-state index in [0.29, 0.717) is 37.3 Å². The molecule has 1 aliphatic heterocycles. The summed E-state index contributed by atoms with van der Waals surface area (Å²) >= 11 is 4.74. The van der Waals surface area contributed by atoms with Crippen molar-refractivity contribution < 1.29 is 28.6 Å². The molecule has 3 aromatic rings. The van der Waals surface area contributed by atoms with Crippen molar-refractivity contribution in [1.29, 1.82) is 0 Å². The van der Waals surface area contributed by atoms with E-state index in [1.54, 1.807) is 49.5 Å². The second kappa shape index (κ2) is 11.0. The second-order valence-electron chi connectivity index (χ2n) is 7.66. The molecule has 1 fully saturated rings. The van der Waals surface area contributed by atoms with Crippen LogP contribution in [0.25, 0.3) is 6.08 Å². The summed E-state index contributed by atoms with van der Waals surface area (Å²) in [5.74, 6) is -0.585. The number of aliphatic imine (C=N–C) groups is 1. The average Bonchev–Trinajstić information content (AvgIpc) is 3.12. The largest absolute Gasteiger partial charge is 0.493 e. The minimum Gasteiger partial charge on any atom is -0.493 e. The Kier molecular flexibility index (Phi) is 7.76. The summed E-state index contributed by atoms with van der Waals surface area (Å²) in [4.78, 5) is 30.3. The SMILES string of the molecule is COc1cc(C=C2SC(=Nc3ccc(C(=O)O)cc3)N(C)C2=O)c(Br)cc1OCc1ccc(F)cc1. The molecule has 4 rings (SSSR count). The van der Waals surface area contributed by atoms with E-state index in [4.69, 9.17) is 14.6 Å². The van der Waals surface area contributed by atoms with Crippen LogP contribution in [0.15, 0.2) is 75.0 Å². The Morgan fingerprint density at radius 2 is 1.83 bits per heavy atom. The predicted octanol–water partition coefficient (Wildman–Crippen LogP) is 6.11. The first-order valence-electron chi connectivity index (χ1n) is 10.6. The topological polar surface area (TPSA) is 88.4 Å². The van der Waals surface area contributed by atoms with Crippen LogP contribution in [0, 0.1) is 5.82 Å². The molecule has 0 bridgehead atoms. The van der Waals surface area contributed by atoms with Gasteiger partial charge in [-0.1, -0.05) is 28.1 Å². The minimum absolute atomic E-state index is 0.159. The van der Waals surface area contributed by atoms with Gasteiger partial charge in [-0.05, 0) is 77.5 Å². The van der Waals surface area contributed by atoms with Crippen LogP contribution in [0.3, 0.4) is 0 Å². The van der Waals surface area contributed by atoms with E-state index in [0.717, 1.165) is 5.56 Å². The summed E-state index contributed by atoms with van der Waals surface area (Å²) in [7, 11) is 3.15. The van der Waals surface area contributed by atoms with Crippen LogP contribution in [0.2, 0.25) is 0 Å². The van der Waals surface area contributed by atoms with Crippen molar-refractivity contribution in [2.24, 2.45) is 4.99 Å². The molecular weight excluding hydrogens is 551 g/mol. The van der Waals surface area contributed by atoms with Gasteiger partial charge in [-0.3, -0.25) is 9.69 Å². The molecule has 0 spiro atoms. The number of amidine groups is 1. The Morgan fingerprint density at radius 1 is 1.14 bits per heavy atom. The van der Waals surface area contributed by atoms with E-state index in [1.807, 2.05) is 0 Å². The van der Waals surface area contributed by atoms with Crippen molar-refractivity contribution in [2.45, 2.75) is 6.61 Å². The van der Waals surface area contributed by atoms with E-state index >= 15 is 0 Å². The van der Waals surface area contributed by atoms with Crippen LogP contribution < -0.4 is 9.47 Å². The summed E-state index contributed by atoms with van der Waals surface area (Å²) in [5.41, 5.74) is 2.21. The number of carbonyl (C=O) groups excluding carboxylic acids is 1. The van der Waals surface area contributed by atoms with Crippen molar-refractivity contribution in [1.82, 2.24) is 4.90 Å². The van der Waals surface area contributed by atoms with Gasteiger partial charge in [0, 0.05) is 11.5 Å². The average molecular weight is 571 g/mol. The molecule has 0 aromatic heterocycles. The van der Waals surface area contributed by atoms with Gasteiger partial charge in [0.15, 0.2) is 16.7 Å². The Labute approximate surface area is 219 Å². The Balaban J connectivity index is 1.55. The molecule has 7 nitrogen and oxygen atoms in total. The number of hydrogen-bond acceptors (Lipinski definition) is 6. The van der Waals surface area contributed by atoms with Crippen LogP contribution in [0.4, 0.5) is 10.1 Å². The number of aromatic carboxylic acids is 1.